The maximum atomic E-state index is 5.43. The van der Waals surface area contributed by atoms with E-state index in [0.717, 1.165) is 0 Å². The van der Waals surface area contributed by atoms with Crippen LogP contribution in [-0.2, 0) is 0 Å². The molecule has 88 valence electrons. The molecule has 0 amide bonds. The third-order valence-corrected chi connectivity index (χ3v) is 3.76. The maximum absolute atomic E-state index is 5.43. The van der Waals surface area contributed by atoms with Crippen LogP contribution in [-0.4, -0.2) is 18.0 Å². The molecule has 4 heteroatoms. The first-order chi connectivity index (χ1) is 6.73. The van der Waals surface area contributed by atoms with Crippen molar-refractivity contribution in [1.82, 2.24) is 10.7 Å². The summed E-state index contributed by atoms with van der Waals surface area (Å²) in [6.45, 7) is 13.1. The zero-order chi connectivity index (χ0) is 11.9. The van der Waals surface area contributed by atoms with E-state index in [1.807, 2.05) is 0 Å². The highest BCUT2D eigenvalue weighted by molar-refractivity contribution is 5.80. The van der Waals surface area contributed by atoms with Gasteiger partial charge in [0.2, 0.25) is 5.96 Å². The van der Waals surface area contributed by atoms with Crippen LogP contribution >= 0.6 is 0 Å². The van der Waals surface area contributed by atoms with Gasteiger partial charge in [-0.05, 0) is 24.7 Å². The molecule has 0 radical (unpaired) electrons. The normalized spacial score (nSPS) is 24.1. The molecule has 0 bridgehead atoms. The van der Waals surface area contributed by atoms with Gasteiger partial charge in [-0.1, -0.05) is 27.7 Å². The maximum Gasteiger partial charge on any atom is 0.206 e. The van der Waals surface area contributed by atoms with Gasteiger partial charge in [0.15, 0.2) is 0 Å². The molecule has 0 atom stereocenters. The van der Waals surface area contributed by atoms with Gasteiger partial charge in [-0.3, -0.25) is 5.43 Å². The number of hydrogen-bond donors (Lipinski definition) is 3. The quantitative estimate of drug-likeness (QED) is 0.279. The Balaban J connectivity index is 2.71. The van der Waals surface area contributed by atoms with Gasteiger partial charge in [0, 0.05) is 6.04 Å². The van der Waals surface area contributed by atoms with Crippen molar-refractivity contribution in [1.29, 1.82) is 0 Å². The Morgan fingerprint density at radius 2 is 1.67 bits per heavy atom. The molecule has 0 aromatic carbocycles. The van der Waals surface area contributed by atoms with E-state index in [2.05, 4.69) is 57.3 Å². The van der Waals surface area contributed by atoms with Crippen LogP contribution in [0.15, 0.2) is 4.99 Å². The molecule has 0 aromatic heterocycles. The monoisotopic (exact) mass is 212 g/mol. The fraction of sp³-hybridized carbons (Fsp3) is 0.909. The van der Waals surface area contributed by atoms with Crippen LogP contribution in [0.4, 0.5) is 0 Å². The molecule has 4 N–H and O–H groups in total. The van der Waals surface area contributed by atoms with E-state index in [-0.39, 0.29) is 10.8 Å². The number of nitrogens with zero attached hydrogens (tertiary/aromatic N) is 1. The van der Waals surface area contributed by atoms with Gasteiger partial charge in [0.1, 0.15) is 0 Å². The minimum atomic E-state index is 0.258. The first-order valence-electron chi connectivity index (χ1n) is 5.54. The number of rotatable bonds is 2. The first-order valence-corrected chi connectivity index (χ1v) is 5.54. The standard InChI is InChI=1S/C11H24N4/c1-7(2)13-9(15-12)14-8-10(3,4)11(8,5)6/h7-8H,12H2,1-6H3,(H2,13,14,15). The largest absolute Gasteiger partial charge is 0.353 e. The molecule has 15 heavy (non-hydrogen) atoms. The highest BCUT2D eigenvalue weighted by Gasteiger charge is 2.65. The number of guanidine groups is 1. The topological polar surface area (TPSA) is 62.4 Å². The van der Waals surface area contributed by atoms with E-state index >= 15 is 0 Å². The molecule has 0 saturated heterocycles. The third kappa shape index (κ3) is 2.09. The third-order valence-electron chi connectivity index (χ3n) is 3.76. The number of aliphatic imine (C=N–C) groups is 1. The van der Waals surface area contributed by atoms with E-state index in [1.54, 1.807) is 0 Å². The van der Waals surface area contributed by atoms with Gasteiger partial charge in [-0.15, -0.1) is 0 Å². The molecule has 0 aromatic rings. The molecule has 1 rings (SSSR count). The predicted octanol–water partition coefficient (Wildman–Crippen LogP) is 1.24. The molecule has 1 aliphatic rings. The average molecular weight is 212 g/mol. The smallest absolute Gasteiger partial charge is 0.206 e. The van der Waals surface area contributed by atoms with Crippen molar-refractivity contribution in [3.8, 4) is 0 Å². The van der Waals surface area contributed by atoms with Crippen LogP contribution in [0.1, 0.15) is 41.5 Å². The number of nitrogens with two attached hydrogens (primary N) is 1. The van der Waals surface area contributed by atoms with Crippen molar-refractivity contribution < 1.29 is 0 Å². The average Bonchev–Trinajstić information content (AvgIpc) is 2.45. The molecule has 0 spiro atoms. The lowest BCUT2D eigenvalue weighted by Gasteiger charge is -2.12. The minimum absolute atomic E-state index is 0.258. The van der Waals surface area contributed by atoms with Crippen LogP contribution in [0.5, 0.6) is 0 Å². The van der Waals surface area contributed by atoms with Crippen molar-refractivity contribution in [2.24, 2.45) is 21.7 Å². The molecule has 1 aliphatic carbocycles. The van der Waals surface area contributed by atoms with E-state index in [1.165, 1.54) is 0 Å². The summed E-state index contributed by atoms with van der Waals surface area (Å²) in [7, 11) is 0. The molecular formula is C11H24N4. The molecule has 1 fully saturated rings. The van der Waals surface area contributed by atoms with Crippen molar-refractivity contribution >= 4 is 5.96 Å². The van der Waals surface area contributed by atoms with Crippen LogP contribution in [0, 0.1) is 10.8 Å². The molecular weight excluding hydrogens is 188 g/mol. The second-order valence-electron chi connectivity index (χ2n) is 5.77. The Labute approximate surface area is 92.7 Å². The second-order valence-corrected chi connectivity index (χ2v) is 5.77. The van der Waals surface area contributed by atoms with Crippen LogP contribution in [0.2, 0.25) is 0 Å². The fourth-order valence-electron chi connectivity index (χ4n) is 2.00. The summed E-state index contributed by atoms with van der Waals surface area (Å²) in [4.78, 5) is 4.62. The molecule has 0 aliphatic heterocycles. The Kier molecular flexibility index (Phi) is 3.01. The van der Waals surface area contributed by atoms with Gasteiger partial charge in [0.05, 0.1) is 6.04 Å². The van der Waals surface area contributed by atoms with Crippen molar-refractivity contribution in [3.63, 3.8) is 0 Å². The number of nitrogens with one attached hydrogen (secondary N) is 2. The summed E-state index contributed by atoms with van der Waals surface area (Å²) in [5, 5.41) is 3.19. The molecule has 4 nitrogen and oxygen atoms in total. The van der Waals surface area contributed by atoms with E-state index in [4.69, 9.17) is 5.84 Å². The lowest BCUT2D eigenvalue weighted by atomic mass is 10.0. The summed E-state index contributed by atoms with van der Waals surface area (Å²) >= 11 is 0. The van der Waals surface area contributed by atoms with Crippen LogP contribution in [0.3, 0.4) is 0 Å². The second kappa shape index (κ2) is 3.67. The van der Waals surface area contributed by atoms with Gasteiger partial charge >= 0.3 is 0 Å². The van der Waals surface area contributed by atoms with Crippen molar-refractivity contribution in [2.45, 2.75) is 53.6 Å². The molecule has 1 saturated carbocycles. The highest BCUT2D eigenvalue weighted by Crippen LogP contribution is 2.64. The highest BCUT2D eigenvalue weighted by atomic mass is 15.3. The van der Waals surface area contributed by atoms with E-state index < -0.39 is 0 Å². The zero-order valence-electron chi connectivity index (χ0n) is 10.7. The summed E-state index contributed by atoms with van der Waals surface area (Å²) in [6, 6.07) is 0.673. The summed E-state index contributed by atoms with van der Waals surface area (Å²) in [6.07, 6.45) is 0. The van der Waals surface area contributed by atoms with Gasteiger partial charge in [0.25, 0.3) is 0 Å². The Hall–Kier alpha value is -0.770. The number of hydrogen-bond acceptors (Lipinski definition) is 2. The molecule has 0 unspecified atom stereocenters. The van der Waals surface area contributed by atoms with Crippen molar-refractivity contribution in [2.75, 3.05) is 0 Å². The van der Waals surface area contributed by atoms with E-state index in [0.29, 0.717) is 18.0 Å². The van der Waals surface area contributed by atoms with Gasteiger partial charge in [-0.2, -0.15) is 0 Å². The SMILES string of the molecule is CC(C)NC(=NC1C(C)(C)C1(C)C)NN. The first kappa shape index (κ1) is 12.3. The van der Waals surface area contributed by atoms with Crippen molar-refractivity contribution in [3.05, 3.63) is 0 Å². The summed E-state index contributed by atoms with van der Waals surface area (Å²) in [5.74, 6) is 6.12. The van der Waals surface area contributed by atoms with Crippen LogP contribution in [0.25, 0.3) is 0 Å². The van der Waals surface area contributed by atoms with Gasteiger partial charge in [-0.25, -0.2) is 10.8 Å². The number of hydrazine groups is 1. The Morgan fingerprint density at radius 1 is 1.20 bits per heavy atom. The minimum Gasteiger partial charge on any atom is -0.353 e. The zero-order valence-corrected chi connectivity index (χ0v) is 10.7. The van der Waals surface area contributed by atoms with E-state index in [9.17, 15) is 0 Å². The summed E-state index contributed by atoms with van der Waals surface area (Å²) < 4.78 is 0. The Bertz CT molecular complexity index is 252. The fourth-order valence-corrected chi connectivity index (χ4v) is 2.00. The predicted molar refractivity (Wildman–Crippen MR) is 64.4 cm³/mol. The lowest BCUT2D eigenvalue weighted by Crippen LogP contribution is -2.45. The lowest BCUT2D eigenvalue weighted by molar-refractivity contribution is 0.457. The van der Waals surface area contributed by atoms with Crippen LogP contribution < -0.4 is 16.6 Å². The molecule has 0 heterocycles. The Morgan fingerprint density at radius 3 is 1.93 bits per heavy atom. The van der Waals surface area contributed by atoms with Gasteiger partial charge < -0.3 is 5.32 Å². The summed E-state index contributed by atoms with van der Waals surface area (Å²) in [5.41, 5.74) is 3.13.